The van der Waals surface area contributed by atoms with Crippen LogP contribution in [0.5, 0.6) is 0 Å². The molecule has 0 aliphatic carbocycles. The van der Waals surface area contributed by atoms with E-state index in [0.717, 1.165) is 11.4 Å². The van der Waals surface area contributed by atoms with Gasteiger partial charge in [-0.2, -0.15) is 5.10 Å². The Labute approximate surface area is 77.8 Å². The molecule has 1 aromatic rings. The first-order valence-corrected chi connectivity index (χ1v) is 4.06. The molecule has 0 unspecified atom stereocenters. The van der Waals surface area contributed by atoms with E-state index >= 15 is 0 Å². The van der Waals surface area contributed by atoms with Crippen molar-refractivity contribution in [3.05, 3.63) is 23.9 Å². The second kappa shape index (κ2) is 3.89. The summed E-state index contributed by atoms with van der Waals surface area (Å²) < 4.78 is 1.67. The maximum absolute atomic E-state index is 5.67. The highest BCUT2D eigenvalue weighted by Crippen LogP contribution is 2.08. The Morgan fingerprint density at radius 1 is 1.62 bits per heavy atom. The fraction of sp³-hybridized carbons (Fsp3) is 0.333. The highest BCUT2D eigenvalue weighted by Gasteiger charge is 1.95. The lowest BCUT2D eigenvalue weighted by atomic mass is 10.3. The lowest BCUT2D eigenvalue weighted by Crippen LogP contribution is -2.08. The molecule has 4 nitrogen and oxygen atoms in total. The van der Waals surface area contributed by atoms with E-state index in [0.29, 0.717) is 5.84 Å². The zero-order valence-electron chi connectivity index (χ0n) is 8.15. The van der Waals surface area contributed by atoms with Gasteiger partial charge in [0.05, 0.1) is 6.20 Å². The molecule has 2 N–H and O–H groups in total. The van der Waals surface area contributed by atoms with Gasteiger partial charge in [0.15, 0.2) is 5.82 Å². The van der Waals surface area contributed by atoms with Crippen molar-refractivity contribution in [2.75, 3.05) is 0 Å². The summed E-state index contributed by atoms with van der Waals surface area (Å²) in [6, 6.07) is 1.81. The van der Waals surface area contributed by atoms with Crippen LogP contribution in [0.4, 0.5) is 5.82 Å². The van der Waals surface area contributed by atoms with Crippen molar-refractivity contribution in [2.45, 2.75) is 13.8 Å². The number of amidine groups is 1. The molecule has 0 spiro atoms. The average Bonchev–Trinajstić information content (AvgIpc) is 2.34. The molecule has 0 aliphatic heterocycles. The number of rotatable bonds is 2. The summed E-state index contributed by atoms with van der Waals surface area (Å²) in [4.78, 5) is 4.18. The van der Waals surface area contributed by atoms with Crippen LogP contribution >= 0.6 is 0 Å². The smallest absolute Gasteiger partial charge is 0.152 e. The van der Waals surface area contributed by atoms with Gasteiger partial charge in [0.25, 0.3) is 0 Å². The summed E-state index contributed by atoms with van der Waals surface area (Å²) in [5, 5.41) is 3.98. The number of aryl methyl sites for hydroxylation is 1. The summed E-state index contributed by atoms with van der Waals surface area (Å²) in [6.07, 6.45) is 3.52. The molecule has 0 saturated heterocycles. The molecule has 1 aromatic heterocycles. The number of hydrogen-bond donors (Lipinski definition) is 1. The number of aliphatic imine (C=N–C) groups is 1. The monoisotopic (exact) mass is 178 g/mol. The Bertz CT molecular complexity index is 342. The lowest BCUT2D eigenvalue weighted by Gasteiger charge is -1.96. The first-order chi connectivity index (χ1) is 6.09. The van der Waals surface area contributed by atoms with Crippen LogP contribution in [0.15, 0.2) is 28.9 Å². The zero-order valence-corrected chi connectivity index (χ0v) is 8.15. The van der Waals surface area contributed by atoms with Crippen molar-refractivity contribution >= 4 is 11.7 Å². The molecule has 0 bridgehead atoms. The number of aromatic nitrogens is 2. The summed E-state index contributed by atoms with van der Waals surface area (Å²) in [5.74, 6) is 1.26. The van der Waals surface area contributed by atoms with Gasteiger partial charge in [-0.15, -0.1) is 0 Å². The van der Waals surface area contributed by atoms with Gasteiger partial charge in [0.2, 0.25) is 0 Å². The minimum absolute atomic E-state index is 0.503. The predicted octanol–water partition coefficient (Wildman–Crippen LogP) is 1.38. The van der Waals surface area contributed by atoms with Crippen molar-refractivity contribution < 1.29 is 0 Å². The third kappa shape index (κ3) is 2.74. The van der Waals surface area contributed by atoms with Crippen molar-refractivity contribution in [3.63, 3.8) is 0 Å². The van der Waals surface area contributed by atoms with Crippen molar-refractivity contribution in [1.82, 2.24) is 9.78 Å². The fourth-order valence-corrected chi connectivity index (χ4v) is 0.937. The molecule has 0 saturated carbocycles. The van der Waals surface area contributed by atoms with E-state index in [-0.39, 0.29) is 0 Å². The van der Waals surface area contributed by atoms with Crippen LogP contribution in [0.1, 0.15) is 13.8 Å². The summed E-state index contributed by atoms with van der Waals surface area (Å²) in [7, 11) is 1.83. The molecule has 1 rings (SSSR count). The third-order valence-corrected chi connectivity index (χ3v) is 1.48. The van der Waals surface area contributed by atoms with Gasteiger partial charge in [0.1, 0.15) is 5.84 Å². The molecule has 1 heterocycles. The number of allylic oxidation sites excluding steroid dienone is 1. The van der Waals surface area contributed by atoms with Gasteiger partial charge in [-0.1, -0.05) is 5.57 Å². The Kier molecular flexibility index (Phi) is 2.84. The lowest BCUT2D eigenvalue weighted by molar-refractivity contribution is 0.770. The first-order valence-electron chi connectivity index (χ1n) is 4.06. The largest absolute Gasteiger partial charge is 0.384 e. The van der Waals surface area contributed by atoms with Gasteiger partial charge in [-0.25, -0.2) is 4.99 Å². The molecule has 70 valence electrons. The van der Waals surface area contributed by atoms with Crippen LogP contribution in [0, 0.1) is 0 Å². The minimum Gasteiger partial charge on any atom is -0.384 e. The maximum Gasteiger partial charge on any atom is 0.152 e. The van der Waals surface area contributed by atoms with Gasteiger partial charge in [-0.3, -0.25) is 4.68 Å². The standard InChI is InChI=1S/C9H14N4/c1-7(2)6-8(10)12-9-4-5-11-13(9)3/h4-6H,1-3H3,(H2,10,12). The Morgan fingerprint density at radius 3 is 2.77 bits per heavy atom. The van der Waals surface area contributed by atoms with Gasteiger partial charge >= 0.3 is 0 Å². The molecular formula is C9H14N4. The van der Waals surface area contributed by atoms with E-state index in [1.165, 1.54) is 0 Å². The molecule has 13 heavy (non-hydrogen) atoms. The highest BCUT2D eigenvalue weighted by molar-refractivity contribution is 5.93. The third-order valence-electron chi connectivity index (χ3n) is 1.48. The molecule has 4 heteroatoms. The molecule has 0 atom stereocenters. The first kappa shape index (κ1) is 9.51. The van der Waals surface area contributed by atoms with Crippen molar-refractivity contribution in [3.8, 4) is 0 Å². The second-order valence-corrected chi connectivity index (χ2v) is 3.07. The number of nitrogens with zero attached hydrogens (tertiary/aromatic N) is 3. The Morgan fingerprint density at radius 2 is 2.31 bits per heavy atom. The summed E-state index contributed by atoms with van der Waals surface area (Å²) in [6.45, 7) is 3.96. The fourth-order valence-electron chi connectivity index (χ4n) is 0.937. The van der Waals surface area contributed by atoms with E-state index in [9.17, 15) is 0 Å². The minimum atomic E-state index is 0.503. The molecular weight excluding hydrogens is 164 g/mol. The molecule has 0 aromatic carbocycles. The van der Waals surface area contributed by atoms with Crippen LogP contribution in [0.3, 0.4) is 0 Å². The Hall–Kier alpha value is -1.58. The molecule has 0 aliphatic rings. The van der Waals surface area contributed by atoms with Crippen LogP contribution < -0.4 is 5.73 Å². The van der Waals surface area contributed by atoms with Gasteiger partial charge in [-0.05, 0) is 19.9 Å². The SMILES string of the molecule is CC(C)=CC(N)=Nc1ccnn1C. The van der Waals surface area contributed by atoms with Crippen LogP contribution in [0.25, 0.3) is 0 Å². The molecule has 0 radical (unpaired) electrons. The summed E-state index contributed by atoms with van der Waals surface area (Å²) in [5.41, 5.74) is 6.80. The number of nitrogens with two attached hydrogens (primary N) is 1. The Balaban J connectivity index is 2.89. The van der Waals surface area contributed by atoms with E-state index in [1.54, 1.807) is 10.9 Å². The quantitative estimate of drug-likeness (QED) is 0.549. The van der Waals surface area contributed by atoms with E-state index in [2.05, 4.69) is 10.1 Å². The van der Waals surface area contributed by atoms with Crippen LogP contribution in [-0.4, -0.2) is 15.6 Å². The van der Waals surface area contributed by atoms with E-state index in [1.807, 2.05) is 33.0 Å². The highest BCUT2D eigenvalue weighted by atomic mass is 15.3. The predicted molar refractivity (Wildman–Crippen MR) is 53.9 cm³/mol. The topological polar surface area (TPSA) is 56.2 Å². The van der Waals surface area contributed by atoms with Crippen molar-refractivity contribution in [1.29, 1.82) is 0 Å². The normalized spacial score (nSPS) is 11.5. The van der Waals surface area contributed by atoms with Crippen molar-refractivity contribution in [2.24, 2.45) is 17.8 Å². The van der Waals surface area contributed by atoms with Gasteiger partial charge < -0.3 is 5.73 Å². The maximum atomic E-state index is 5.67. The van der Waals surface area contributed by atoms with E-state index in [4.69, 9.17) is 5.73 Å². The zero-order chi connectivity index (χ0) is 9.84. The summed E-state index contributed by atoms with van der Waals surface area (Å²) >= 11 is 0. The van der Waals surface area contributed by atoms with Crippen LogP contribution in [-0.2, 0) is 7.05 Å². The molecule has 0 fully saturated rings. The van der Waals surface area contributed by atoms with Crippen LogP contribution in [0.2, 0.25) is 0 Å². The number of hydrogen-bond acceptors (Lipinski definition) is 2. The van der Waals surface area contributed by atoms with Gasteiger partial charge in [0, 0.05) is 13.1 Å². The second-order valence-electron chi connectivity index (χ2n) is 3.07. The van der Waals surface area contributed by atoms with E-state index < -0.39 is 0 Å². The molecule has 0 amide bonds. The average molecular weight is 178 g/mol.